The standard InChI is InChI=1S/C20H24BrN3O4/c1-5-28-16-8-6-15(7-9-16)23-13(2)20(25)24-22-12-14-10-17(21)19(27-4)11-18(14)26-3/h6-13,23H,5H2,1-4H3,(H,24,25)/b22-12-/t13-/m1/s1. The smallest absolute Gasteiger partial charge is 0.262 e. The largest absolute Gasteiger partial charge is 0.496 e. The first-order chi connectivity index (χ1) is 13.5. The van der Waals surface area contributed by atoms with Crippen LogP contribution < -0.4 is 25.0 Å². The molecule has 0 aliphatic heterocycles. The fourth-order valence-electron chi connectivity index (χ4n) is 2.38. The Morgan fingerprint density at radius 1 is 1.18 bits per heavy atom. The van der Waals surface area contributed by atoms with E-state index in [-0.39, 0.29) is 5.91 Å². The number of rotatable bonds is 9. The van der Waals surface area contributed by atoms with Gasteiger partial charge in [0, 0.05) is 17.3 Å². The minimum Gasteiger partial charge on any atom is -0.496 e. The van der Waals surface area contributed by atoms with Crippen LogP contribution in [0.2, 0.25) is 0 Å². The van der Waals surface area contributed by atoms with Crippen LogP contribution in [0.3, 0.4) is 0 Å². The van der Waals surface area contributed by atoms with Crippen LogP contribution in [-0.2, 0) is 4.79 Å². The number of anilines is 1. The number of ether oxygens (including phenoxy) is 3. The molecular weight excluding hydrogens is 426 g/mol. The van der Waals surface area contributed by atoms with Gasteiger partial charge >= 0.3 is 0 Å². The lowest BCUT2D eigenvalue weighted by atomic mass is 10.2. The van der Waals surface area contributed by atoms with Crippen molar-refractivity contribution in [3.63, 3.8) is 0 Å². The third-order valence-corrected chi connectivity index (χ3v) is 4.44. The highest BCUT2D eigenvalue weighted by molar-refractivity contribution is 9.10. The summed E-state index contributed by atoms with van der Waals surface area (Å²) in [4.78, 5) is 12.3. The number of methoxy groups -OCH3 is 2. The lowest BCUT2D eigenvalue weighted by molar-refractivity contribution is -0.121. The zero-order valence-electron chi connectivity index (χ0n) is 16.3. The SMILES string of the molecule is CCOc1ccc(N[C@H](C)C(=O)N/N=C\c2cc(Br)c(OC)cc2OC)cc1. The maximum absolute atomic E-state index is 12.3. The van der Waals surface area contributed by atoms with E-state index in [0.717, 1.165) is 15.9 Å². The first kappa shape index (κ1) is 21.6. The number of benzene rings is 2. The third kappa shape index (κ3) is 5.88. The van der Waals surface area contributed by atoms with Gasteiger partial charge in [0.05, 0.1) is 31.5 Å². The average Bonchev–Trinajstić information content (AvgIpc) is 2.69. The van der Waals surface area contributed by atoms with Crippen molar-refractivity contribution in [1.82, 2.24) is 5.43 Å². The van der Waals surface area contributed by atoms with Gasteiger partial charge in [-0.25, -0.2) is 5.43 Å². The quantitative estimate of drug-likeness (QED) is 0.449. The van der Waals surface area contributed by atoms with Crippen LogP contribution in [-0.4, -0.2) is 39.0 Å². The van der Waals surface area contributed by atoms with Crippen LogP contribution in [0, 0.1) is 0 Å². The summed E-state index contributed by atoms with van der Waals surface area (Å²) in [7, 11) is 3.13. The summed E-state index contributed by atoms with van der Waals surface area (Å²) in [6, 6.07) is 10.5. The molecule has 0 spiro atoms. The highest BCUT2D eigenvalue weighted by Gasteiger charge is 2.12. The number of nitrogens with one attached hydrogen (secondary N) is 2. The molecule has 0 bridgehead atoms. The highest BCUT2D eigenvalue weighted by Crippen LogP contribution is 2.31. The number of carbonyl (C=O) groups excluding carboxylic acids is 1. The van der Waals surface area contributed by atoms with Gasteiger partial charge in [0.25, 0.3) is 5.91 Å². The van der Waals surface area contributed by atoms with E-state index in [2.05, 4.69) is 31.8 Å². The van der Waals surface area contributed by atoms with E-state index in [9.17, 15) is 4.79 Å². The Balaban J connectivity index is 1.96. The number of nitrogens with zero attached hydrogens (tertiary/aromatic N) is 1. The summed E-state index contributed by atoms with van der Waals surface area (Å²) in [5.41, 5.74) is 4.04. The van der Waals surface area contributed by atoms with Gasteiger partial charge in [0.2, 0.25) is 0 Å². The van der Waals surface area contributed by atoms with Gasteiger partial charge in [0.15, 0.2) is 0 Å². The molecule has 150 valence electrons. The Hall–Kier alpha value is -2.74. The van der Waals surface area contributed by atoms with Crippen LogP contribution in [0.4, 0.5) is 5.69 Å². The van der Waals surface area contributed by atoms with Crippen molar-refractivity contribution in [3.8, 4) is 17.2 Å². The second kappa shape index (κ2) is 10.6. The molecule has 2 N–H and O–H groups in total. The molecule has 2 rings (SSSR count). The molecule has 0 aromatic heterocycles. The van der Waals surface area contributed by atoms with E-state index in [1.54, 1.807) is 33.3 Å². The number of halogens is 1. The van der Waals surface area contributed by atoms with E-state index >= 15 is 0 Å². The molecule has 0 aliphatic carbocycles. The molecular formula is C20H24BrN3O4. The number of hydrogen-bond acceptors (Lipinski definition) is 6. The highest BCUT2D eigenvalue weighted by atomic mass is 79.9. The number of amides is 1. The van der Waals surface area contributed by atoms with E-state index in [1.807, 2.05) is 31.2 Å². The van der Waals surface area contributed by atoms with Crippen molar-refractivity contribution in [2.75, 3.05) is 26.1 Å². The first-order valence-corrected chi connectivity index (χ1v) is 9.51. The van der Waals surface area contributed by atoms with Crippen molar-refractivity contribution in [1.29, 1.82) is 0 Å². The Morgan fingerprint density at radius 2 is 1.86 bits per heavy atom. The normalized spacial score (nSPS) is 11.8. The van der Waals surface area contributed by atoms with Crippen molar-refractivity contribution < 1.29 is 19.0 Å². The molecule has 2 aromatic rings. The van der Waals surface area contributed by atoms with Gasteiger partial charge in [-0.2, -0.15) is 5.10 Å². The Labute approximate surface area is 173 Å². The summed E-state index contributed by atoms with van der Waals surface area (Å²) in [5.74, 6) is 1.75. The van der Waals surface area contributed by atoms with E-state index < -0.39 is 6.04 Å². The average molecular weight is 450 g/mol. The van der Waals surface area contributed by atoms with Crippen molar-refractivity contribution >= 4 is 33.7 Å². The van der Waals surface area contributed by atoms with Crippen molar-refractivity contribution in [2.45, 2.75) is 19.9 Å². The molecule has 1 amide bonds. The number of hydrazone groups is 1. The summed E-state index contributed by atoms with van der Waals surface area (Å²) >= 11 is 3.42. The fraction of sp³-hybridized carbons (Fsp3) is 0.300. The Morgan fingerprint density at radius 3 is 2.46 bits per heavy atom. The molecule has 0 saturated heterocycles. The first-order valence-electron chi connectivity index (χ1n) is 8.72. The van der Waals surface area contributed by atoms with E-state index in [0.29, 0.717) is 23.7 Å². The predicted octanol–water partition coefficient (Wildman–Crippen LogP) is 3.82. The van der Waals surface area contributed by atoms with E-state index in [4.69, 9.17) is 14.2 Å². The second-order valence-electron chi connectivity index (χ2n) is 5.79. The molecule has 2 aromatic carbocycles. The van der Waals surface area contributed by atoms with Crippen molar-refractivity contribution in [3.05, 3.63) is 46.4 Å². The maximum Gasteiger partial charge on any atom is 0.262 e. The van der Waals surface area contributed by atoms with Gasteiger partial charge in [0.1, 0.15) is 23.3 Å². The van der Waals surface area contributed by atoms with Crippen LogP contribution in [0.1, 0.15) is 19.4 Å². The molecule has 7 nitrogen and oxygen atoms in total. The molecule has 28 heavy (non-hydrogen) atoms. The Bertz CT molecular complexity index is 825. The van der Waals surface area contributed by atoms with Gasteiger partial charge < -0.3 is 19.5 Å². The molecule has 0 radical (unpaired) electrons. The minimum absolute atomic E-state index is 0.267. The summed E-state index contributed by atoms with van der Waals surface area (Å²) in [6.07, 6.45) is 1.52. The van der Waals surface area contributed by atoms with E-state index in [1.165, 1.54) is 6.21 Å². The Kier molecular flexibility index (Phi) is 8.13. The predicted molar refractivity (Wildman–Crippen MR) is 114 cm³/mol. The molecule has 0 heterocycles. The molecule has 8 heteroatoms. The van der Waals surface area contributed by atoms with Crippen LogP contribution in [0.25, 0.3) is 0 Å². The monoisotopic (exact) mass is 449 g/mol. The lowest BCUT2D eigenvalue weighted by Crippen LogP contribution is -2.34. The second-order valence-corrected chi connectivity index (χ2v) is 6.64. The number of hydrogen-bond donors (Lipinski definition) is 2. The van der Waals surface area contributed by atoms with Crippen molar-refractivity contribution in [2.24, 2.45) is 5.10 Å². The van der Waals surface area contributed by atoms with Crippen LogP contribution in [0.5, 0.6) is 17.2 Å². The number of carbonyl (C=O) groups is 1. The van der Waals surface area contributed by atoms with Gasteiger partial charge in [-0.05, 0) is 60.1 Å². The van der Waals surface area contributed by atoms with Crippen LogP contribution in [0.15, 0.2) is 46.0 Å². The third-order valence-electron chi connectivity index (χ3n) is 3.82. The minimum atomic E-state index is -0.473. The van der Waals surface area contributed by atoms with Crippen LogP contribution >= 0.6 is 15.9 Å². The fourth-order valence-corrected chi connectivity index (χ4v) is 2.90. The molecule has 0 aliphatic rings. The molecule has 0 saturated carbocycles. The lowest BCUT2D eigenvalue weighted by Gasteiger charge is -2.14. The molecule has 1 atom stereocenters. The summed E-state index contributed by atoms with van der Waals surface area (Å²) < 4.78 is 16.7. The molecule has 0 unspecified atom stereocenters. The molecule has 0 fully saturated rings. The zero-order chi connectivity index (χ0) is 20.5. The van der Waals surface area contributed by atoms with Gasteiger partial charge in [-0.15, -0.1) is 0 Å². The topological polar surface area (TPSA) is 81.2 Å². The summed E-state index contributed by atoms with van der Waals surface area (Å²) in [6.45, 7) is 4.30. The summed E-state index contributed by atoms with van der Waals surface area (Å²) in [5, 5.41) is 7.14. The van der Waals surface area contributed by atoms with Gasteiger partial charge in [-0.1, -0.05) is 0 Å². The van der Waals surface area contributed by atoms with Gasteiger partial charge in [-0.3, -0.25) is 4.79 Å². The zero-order valence-corrected chi connectivity index (χ0v) is 17.9. The maximum atomic E-state index is 12.3.